The molecule has 0 radical (unpaired) electrons. The van der Waals surface area contributed by atoms with Crippen molar-refractivity contribution in [2.75, 3.05) is 0 Å². The van der Waals surface area contributed by atoms with Crippen molar-refractivity contribution in [1.29, 1.82) is 0 Å². The van der Waals surface area contributed by atoms with Gasteiger partial charge in [-0.1, -0.05) is 109 Å². The topological polar surface area (TPSA) is 200 Å². The van der Waals surface area contributed by atoms with Crippen LogP contribution in [0.25, 0.3) is 89.7 Å². The van der Waals surface area contributed by atoms with Gasteiger partial charge in [-0.15, -0.1) is 0 Å². The van der Waals surface area contributed by atoms with Crippen LogP contribution >= 0.6 is 0 Å². The summed E-state index contributed by atoms with van der Waals surface area (Å²) in [6.07, 6.45) is 0. The van der Waals surface area contributed by atoms with E-state index in [1.54, 1.807) is 30.3 Å². The van der Waals surface area contributed by atoms with Crippen molar-refractivity contribution in [2.45, 2.75) is 4.90 Å². The third-order valence-corrected chi connectivity index (χ3v) is 12.9. The molecule has 0 unspecified atom stereocenters. The molecule has 0 amide bonds. The zero-order chi connectivity index (χ0) is 48.3. The summed E-state index contributed by atoms with van der Waals surface area (Å²) in [6, 6.07) is 56.3. The fraction of sp³-hybridized carbons (Fsp3) is 0. The fourth-order valence-electron chi connectivity index (χ4n) is 8.89. The Kier molecular flexibility index (Phi) is 10.0. The standard InChI is InChI=1S/C56H34N8O7S/c65-72(66,67)43-31-30-39-47(48(43)71-35-22-11-4-12-23-35)56-63-51-38-26-15-29-42(70-34-20-9-3-10-21-34)46(38)54(61-51)59-49-36-24-13-27-40(68-32-16-5-1-6-17-32)44(36)53(57-49)58-50-37-25-14-28-41(69-33-18-7-2-8-19-33)45(37)55(60-50)62-52(39)64-56/h1-31H,(H,65,66,67)(H2,57,58,59,60,61,62,63,64). The number of fused-ring (bicyclic) bond motifs is 20. The number of nitrogens with one attached hydrogen (secondary N) is 2. The molecule has 3 aromatic heterocycles. The first kappa shape index (κ1) is 42.3. The van der Waals surface area contributed by atoms with Crippen molar-refractivity contribution < 1.29 is 31.9 Å². The molecule has 8 aromatic carbocycles. The lowest BCUT2D eigenvalue weighted by atomic mass is 10.1. The minimum absolute atomic E-state index is 0.101. The molecule has 2 aliphatic rings. The molecule has 72 heavy (non-hydrogen) atoms. The molecule has 0 atom stereocenters. The summed E-state index contributed by atoms with van der Waals surface area (Å²) in [5.74, 6) is 4.21. The van der Waals surface area contributed by atoms with Gasteiger partial charge in [0.2, 0.25) is 0 Å². The first-order chi connectivity index (χ1) is 35.3. The third-order valence-electron chi connectivity index (χ3n) is 12.0. The van der Waals surface area contributed by atoms with Gasteiger partial charge >= 0.3 is 0 Å². The van der Waals surface area contributed by atoms with Gasteiger partial charge in [-0.05, 0) is 78.9 Å². The summed E-state index contributed by atoms with van der Waals surface area (Å²) < 4.78 is 63.3. The lowest BCUT2D eigenvalue weighted by Crippen LogP contribution is -2.01. The van der Waals surface area contributed by atoms with Crippen LogP contribution in [0.1, 0.15) is 0 Å². The van der Waals surface area contributed by atoms with Gasteiger partial charge in [0.1, 0.15) is 67.7 Å². The van der Waals surface area contributed by atoms with Gasteiger partial charge in [0.05, 0.1) is 21.9 Å². The molecule has 11 aromatic rings. The van der Waals surface area contributed by atoms with Crippen molar-refractivity contribution in [3.05, 3.63) is 188 Å². The SMILES string of the molecule is O=S(=O)(O)c1ccc2c3nc4nc(nc5[nH]c(nc6nc(nc([nH]3)c2c1Oc1ccccc1)-c1cccc(Oc2ccccc2)c1-6)c1cccc(Oc2ccccc2)c51)-c1cccc(Oc2ccccc2)c1-4. The summed E-state index contributed by atoms with van der Waals surface area (Å²) in [6.45, 7) is 0. The van der Waals surface area contributed by atoms with Gasteiger partial charge in [0.15, 0.2) is 29.0 Å². The zero-order valence-corrected chi connectivity index (χ0v) is 38.2. The summed E-state index contributed by atoms with van der Waals surface area (Å²) >= 11 is 0. The Morgan fingerprint density at radius 1 is 0.361 bits per heavy atom. The van der Waals surface area contributed by atoms with Gasteiger partial charge in [0, 0.05) is 21.9 Å². The van der Waals surface area contributed by atoms with Crippen molar-refractivity contribution in [3.63, 3.8) is 0 Å². The molecule has 2 aliphatic heterocycles. The molecule has 5 heterocycles. The number of rotatable bonds is 9. The molecule has 346 valence electrons. The highest BCUT2D eigenvalue weighted by atomic mass is 32.2. The minimum Gasteiger partial charge on any atom is -0.457 e. The molecule has 0 fully saturated rings. The van der Waals surface area contributed by atoms with E-state index < -0.39 is 15.0 Å². The number of ether oxygens (including phenoxy) is 4. The Labute approximate surface area is 408 Å². The number of hydrogen-bond acceptors (Lipinski definition) is 12. The highest BCUT2D eigenvalue weighted by Gasteiger charge is 2.29. The van der Waals surface area contributed by atoms with Crippen molar-refractivity contribution in [2.24, 2.45) is 0 Å². The maximum absolute atomic E-state index is 13.3. The fourth-order valence-corrected chi connectivity index (χ4v) is 9.51. The van der Waals surface area contributed by atoms with E-state index in [-0.39, 0.29) is 39.9 Å². The first-order valence-electron chi connectivity index (χ1n) is 22.6. The Morgan fingerprint density at radius 3 is 1.25 bits per heavy atom. The van der Waals surface area contributed by atoms with Crippen LogP contribution in [0.2, 0.25) is 0 Å². The summed E-state index contributed by atoms with van der Waals surface area (Å²) in [7, 11) is -4.89. The van der Waals surface area contributed by atoms with Gasteiger partial charge in [0.25, 0.3) is 10.1 Å². The molecule has 0 spiro atoms. The lowest BCUT2D eigenvalue weighted by molar-refractivity contribution is 0.454. The van der Waals surface area contributed by atoms with Gasteiger partial charge < -0.3 is 28.9 Å². The zero-order valence-electron chi connectivity index (χ0n) is 37.4. The monoisotopic (exact) mass is 962 g/mol. The van der Waals surface area contributed by atoms with E-state index in [0.717, 1.165) is 0 Å². The molecule has 13 rings (SSSR count). The second-order valence-electron chi connectivity index (χ2n) is 16.6. The number of nitrogens with zero attached hydrogens (tertiary/aromatic N) is 6. The highest BCUT2D eigenvalue weighted by molar-refractivity contribution is 7.86. The van der Waals surface area contributed by atoms with Crippen LogP contribution in [0.3, 0.4) is 0 Å². The first-order valence-corrected chi connectivity index (χ1v) is 24.0. The number of benzene rings is 8. The van der Waals surface area contributed by atoms with E-state index in [0.29, 0.717) is 95.8 Å². The van der Waals surface area contributed by atoms with E-state index in [1.807, 2.05) is 146 Å². The van der Waals surface area contributed by atoms with Gasteiger partial charge in [-0.3, -0.25) is 4.55 Å². The van der Waals surface area contributed by atoms with Gasteiger partial charge in [-0.2, -0.15) is 8.42 Å². The van der Waals surface area contributed by atoms with E-state index in [1.165, 1.54) is 12.1 Å². The van der Waals surface area contributed by atoms with Crippen molar-refractivity contribution in [1.82, 2.24) is 39.9 Å². The van der Waals surface area contributed by atoms with Crippen LogP contribution < -0.4 is 18.9 Å². The predicted octanol–water partition coefficient (Wildman–Crippen LogP) is 13.3. The summed E-state index contributed by atoms with van der Waals surface area (Å²) in [4.78, 5) is 37.5. The third kappa shape index (κ3) is 7.56. The molecule has 0 aliphatic carbocycles. The van der Waals surface area contributed by atoms with Crippen LogP contribution in [-0.2, 0) is 10.1 Å². The normalized spacial score (nSPS) is 11.8. The minimum atomic E-state index is -4.89. The van der Waals surface area contributed by atoms with Crippen LogP contribution in [0.15, 0.2) is 193 Å². The molecular formula is C56H34N8O7S. The van der Waals surface area contributed by atoms with Crippen LogP contribution in [0.5, 0.6) is 46.0 Å². The van der Waals surface area contributed by atoms with Crippen LogP contribution in [-0.4, -0.2) is 52.8 Å². The van der Waals surface area contributed by atoms with E-state index >= 15 is 0 Å². The second kappa shape index (κ2) is 17.0. The molecule has 0 saturated carbocycles. The number of para-hydroxylation sites is 4. The average molecular weight is 963 g/mol. The number of H-pyrrole nitrogens is 2. The largest absolute Gasteiger partial charge is 0.457 e. The second-order valence-corrected chi connectivity index (χ2v) is 18.0. The number of hydrogen-bond donors (Lipinski definition) is 3. The predicted molar refractivity (Wildman–Crippen MR) is 272 cm³/mol. The highest BCUT2D eigenvalue weighted by Crippen LogP contribution is 2.47. The van der Waals surface area contributed by atoms with Crippen LogP contribution in [0, 0.1) is 0 Å². The maximum atomic E-state index is 13.3. The van der Waals surface area contributed by atoms with Gasteiger partial charge in [-0.25, -0.2) is 29.9 Å². The Balaban J connectivity index is 1.18. The quantitative estimate of drug-likeness (QED) is 0.116. The lowest BCUT2D eigenvalue weighted by Gasteiger charge is -2.11. The van der Waals surface area contributed by atoms with E-state index in [9.17, 15) is 13.0 Å². The Morgan fingerprint density at radius 2 is 0.764 bits per heavy atom. The molecular weight excluding hydrogens is 929 g/mol. The number of aromatic nitrogens is 8. The molecule has 8 bridgehead atoms. The maximum Gasteiger partial charge on any atom is 0.298 e. The van der Waals surface area contributed by atoms with Crippen molar-refractivity contribution >= 4 is 54.3 Å². The molecule has 0 saturated heterocycles. The Bertz CT molecular complexity index is 4200. The molecule has 3 N–H and O–H groups in total. The van der Waals surface area contributed by atoms with Crippen LogP contribution in [0.4, 0.5) is 0 Å². The molecule has 16 heteroatoms. The average Bonchev–Trinajstić information content (AvgIpc) is 4.14. The molecule has 15 nitrogen and oxygen atoms in total. The smallest absolute Gasteiger partial charge is 0.298 e. The summed E-state index contributed by atoms with van der Waals surface area (Å²) in [5.41, 5.74) is 3.31. The van der Waals surface area contributed by atoms with E-state index in [4.69, 9.17) is 48.9 Å². The summed E-state index contributed by atoms with van der Waals surface area (Å²) in [5, 5.41) is 1.84. The van der Waals surface area contributed by atoms with E-state index in [2.05, 4.69) is 9.97 Å². The number of aromatic amines is 2. The Hall–Kier alpha value is -9.77. The van der Waals surface area contributed by atoms with Crippen molar-refractivity contribution in [3.8, 4) is 91.5 Å².